The maximum absolute atomic E-state index is 13.2. The van der Waals surface area contributed by atoms with E-state index in [1.807, 2.05) is 0 Å². The van der Waals surface area contributed by atoms with Gasteiger partial charge in [0.15, 0.2) is 0 Å². The Morgan fingerprint density at radius 3 is 2.76 bits per heavy atom. The lowest BCUT2D eigenvalue weighted by atomic mass is 10.1. The Morgan fingerprint density at radius 2 is 2.00 bits per heavy atom. The second kappa shape index (κ2) is 5.86. The molecule has 1 heterocycles. The molecule has 0 aliphatic carbocycles. The van der Waals surface area contributed by atoms with Crippen LogP contribution in [0.5, 0.6) is 5.75 Å². The minimum absolute atomic E-state index is 0.0784. The summed E-state index contributed by atoms with van der Waals surface area (Å²) in [4.78, 5) is 0. The molecule has 0 saturated heterocycles. The van der Waals surface area contributed by atoms with Gasteiger partial charge < -0.3 is 10.1 Å². The Labute approximate surface area is 125 Å². The van der Waals surface area contributed by atoms with Crippen molar-refractivity contribution in [2.75, 3.05) is 6.54 Å². The van der Waals surface area contributed by atoms with Crippen LogP contribution in [0, 0.1) is 12.7 Å². The van der Waals surface area contributed by atoms with E-state index in [1.165, 1.54) is 17.2 Å². The van der Waals surface area contributed by atoms with E-state index in [0.717, 1.165) is 24.3 Å². The van der Waals surface area contributed by atoms with Gasteiger partial charge in [-0.2, -0.15) is 0 Å². The predicted molar refractivity (Wildman–Crippen MR) is 82.1 cm³/mol. The number of rotatable bonds is 4. The van der Waals surface area contributed by atoms with E-state index in [1.54, 1.807) is 12.1 Å². The van der Waals surface area contributed by atoms with Crippen molar-refractivity contribution in [3.05, 3.63) is 65.0 Å². The molecule has 0 fully saturated rings. The fourth-order valence-electron chi connectivity index (χ4n) is 2.68. The molecule has 3 rings (SSSR count). The summed E-state index contributed by atoms with van der Waals surface area (Å²) in [6.07, 6.45) is 0.843. The highest BCUT2D eigenvalue weighted by Gasteiger charge is 2.23. The van der Waals surface area contributed by atoms with Gasteiger partial charge >= 0.3 is 0 Å². The third-order valence-corrected chi connectivity index (χ3v) is 3.99. The number of ether oxygens (including phenoxy) is 1. The standard InChI is InChI=1S/C18H20FNO/c1-12-3-5-14(6-4-12)13(2)20-11-17-10-15-9-16(19)7-8-18(15)21-17/h3-9,13,17,20H,10-11H2,1-2H3/t13-,17?/m1/s1. The van der Waals surface area contributed by atoms with Gasteiger partial charge in [-0.05, 0) is 37.6 Å². The van der Waals surface area contributed by atoms with Gasteiger partial charge in [0.25, 0.3) is 0 Å². The zero-order valence-corrected chi connectivity index (χ0v) is 12.4. The number of hydrogen-bond donors (Lipinski definition) is 1. The molecule has 2 aromatic rings. The van der Waals surface area contributed by atoms with Crippen LogP contribution in [0.1, 0.15) is 29.7 Å². The summed E-state index contributed by atoms with van der Waals surface area (Å²) < 4.78 is 19.0. The third kappa shape index (κ3) is 3.24. The number of halogens is 1. The number of benzene rings is 2. The van der Waals surface area contributed by atoms with Crippen LogP contribution < -0.4 is 10.1 Å². The van der Waals surface area contributed by atoms with Gasteiger partial charge in [-0.3, -0.25) is 0 Å². The molecule has 1 unspecified atom stereocenters. The fraction of sp³-hybridized carbons (Fsp3) is 0.333. The van der Waals surface area contributed by atoms with Crippen molar-refractivity contribution < 1.29 is 9.13 Å². The summed E-state index contributed by atoms with van der Waals surface area (Å²) in [6, 6.07) is 13.5. The molecule has 21 heavy (non-hydrogen) atoms. The van der Waals surface area contributed by atoms with Gasteiger partial charge in [-0.1, -0.05) is 29.8 Å². The molecule has 0 radical (unpaired) electrons. The summed E-state index contributed by atoms with van der Waals surface area (Å²) in [5.74, 6) is 0.616. The van der Waals surface area contributed by atoms with Crippen molar-refractivity contribution >= 4 is 0 Å². The molecule has 2 aromatic carbocycles. The zero-order chi connectivity index (χ0) is 14.8. The average molecular weight is 285 g/mol. The van der Waals surface area contributed by atoms with Crippen molar-refractivity contribution in [3.63, 3.8) is 0 Å². The summed E-state index contributed by atoms with van der Waals surface area (Å²) >= 11 is 0. The van der Waals surface area contributed by atoms with E-state index >= 15 is 0 Å². The molecule has 110 valence electrons. The molecular formula is C18H20FNO. The molecule has 1 aliphatic rings. The minimum atomic E-state index is -0.195. The van der Waals surface area contributed by atoms with Gasteiger partial charge in [0.1, 0.15) is 17.7 Å². The van der Waals surface area contributed by atoms with E-state index in [4.69, 9.17) is 4.74 Å². The maximum atomic E-state index is 13.2. The predicted octanol–water partition coefficient (Wildman–Crippen LogP) is 3.79. The minimum Gasteiger partial charge on any atom is -0.488 e. The zero-order valence-electron chi connectivity index (χ0n) is 12.4. The van der Waals surface area contributed by atoms with Crippen LogP contribution in [-0.2, 0) is 6.42 Å². The molecule has 0 saturated carbocycles. The van der Waals surface area contributed by atoms with Crippen LogP contribution in [0.25, 0.3) is 0 Å². The fourth-order valence-corrected chi connectivity index (χ4v) is 2.68. The second-order valence-electron chi connectivity index (χ2n) is 5.74. The summed E-state index contributed by atoms with van der Waals surface area (Å²) in [5.41, 5.74) is 3.49. The van der Waals surface area contributed by atoms with E-state index in [9.17, 15) is 4.39 Å². The molecule has 3 heteroatoms. The van der Waals surface area contributed by atoms with Crippen molar-refractivity contribution in [1.29, 1.82) is 0 Å². The Kier molecular flexibility index (Phi) is 3.93. The van der Waals surface area contributed by atoms with Crippen LogP contribution in [-0.4, -0.2) is 12.6 Å². The molecule has 1 aliphatic heterocycles. The lowest BCUT2D eigenvalue weighted by Crippen LogP contribution is -2.31. The SMILES string of the molecule is Cc1ccc([C@@H](C)NCC2Cc3cc(F)ccc3O2)cc1. The molecule has 1 N–H and O–H groups in total. The van der Waals surface area contributed by atoms with Crippen molar-refractivity contribution in [1.82, 2.24) is 5.32 Å². The van der Waals surface area contributed by atoms with E-state index < -0.39 is 0 Å². The quantitative estimate of drug-likeness (QED) is 0.923. The Balaban J connectivity index is 1.56. The van der Waals surface area contributed by atoms with Crippen LogP contribution in [0.15, 0.2) is 42.5 Å². The van der Waals surface area contributed by atoms with Crippen LogP contribution in [0.4, 0.5) is 4.39 Å². The number of fused-ring (bicyclic) bond motifs is 1. The van der Waals surface area contributed by atoms with E-state index in [-0.39, 0.29) is 18.0 Å². The van der Waals surface area contributed by atoms with Crippen LogP contribution in [0.2, 0.25) is 0 Å². The molecule has 0 aromatic heterocycles. The van der Waals surface area contributed by atoms with Crippen molar-refractivity contribution in [2.24, 2.45) is 0 Å². The number of aryl methyl sites for hydroxylation is 1. The highest BCUT2D eigenvalue weighted by molar-refractivity contribution is 5.38. The Hall–Kier alpha value is -1.87. The van der Waals surface area contributed by atoms with Crippen LogP contribution in [0.3, 0.4) is 0 Å². The van der Waals surface area contributed by atoms with Crippen molar-refractivity contribution in [2.45, 2.75) is 32.4 Å². The molecule has 0 amide bonds. The van der Waals surface area contributed by atoms with Gasteiger partial charge in [-0.15, -0.1) is 0 Å². The monoisotopic (exact) mass is 285 g/mol. The number of hydrogen-bond acceptors (Lipinski definition) is 2. The van der Waals surface area contributed by atoms with Gasteiger partial charge in [0.05, 0.1) is 0 Å². The van der Waals surface area contributed by atoms with Crippen molar-refractivity contribution in [3.8, 4) is 5.75 Å². The lowest BCUT2D eigenvalue weighted by molar-refractivity contribution is 0.222. The number of nitrogens with one attached hydrogen (secondary N) is 1. The first-order valence-electron chi connectivity index (χ1n) is 7.37. The second-order valence-corrected chi connectivity index (χ2v) is 5.74. The first kappa shape index (κ1) is 14.1. The molecular weight excluding hydrogens is 265 g/mol. The summed E-state index contributed by atoms with van der Waals surface area (Å²) in [5, 5.41) is 3.49. The highest BCUT2D eigenvalue weighted by atomic mass is 19.1. The largest absolute Gasteiger partial charge is 0.488 e. The van der Waals surface area contributed by atoms with Gasteiger partial charge in [0.2, 0.25) is 0 Å². The summed E-state index contributed by atoms with van der Waals surface area (Å²) in [6.45, 7) is 4.99. The smallest absolute Gasteiger partial charge is 0.123 e. The Morgan fingerprint density at radius 1 is 1.24 bits per heavy atom. The van der Waals surface area contributed by atoms with Crippen LogP contribution >= 0.6 is 0 Å². The molecule has 2 nitrogen and oxygen atoms in total. The Bertz CT molecular complexity index is 624. The maximum Gasteiger partial charge on any atom is 0.123 e. The molecule has 2 atom stereocenters. The normalized spacial score (nSPS) is 18.1. The first-order chi connectivity index (χ1) is 10.1. The first-order valence-corrected chi connectivity index (χ1v) is 7.37. The van der Waals surface area contributed by atoms with Gasteiger partial charge in [0, 0.05) is 24.6 Å². The summed E-state index contributed by atoms with van der Waals surface area (Å²) in [7, 11) is 0. The average Bonchev–Trinajstić information content (AvgIpc) is 2.87. The molecule has 0 bridgehead atoms. The van der Waals surface area contributed by atoms with E-state index in [0.29, 0.717) is 0 Å². The van der Waals surface area contributed by atoms with E-state index in [2.05, 4.69) is 43.4 Å². The highest BCUT2D eigenvalue weighted by Crippen LogP contribution is 2.29. The molecule has 0 spiro atoms. The lowest BCUT2D eigenvalue weighted by Gasteiger charge is -2.18. The van der Waals surface area contributed by atoms with Gasteiger partial charge in [-0.25, -0.2) is 4.39 Å². The third-order valence-electron chi connectivity index (χ3n) is 3.99. The topological polar surface area (TPSA) is 21.3 Å².